The monoisotopic (exact) mass is 319 g/mol. The van der Waals surface area contributed by atoms with Crippen molar-refractivity contribution in [3.63, 3.8) is 0 Å². The van der Waals surface area contributed by atoms with Crippen molar-refractivity contribution in [1.29, 1.82) is 0 Å². The second-order valence-electron chi connectivity index (χ2n) is 3.92. The molecule has 0 saturated heterocycles. The molecule has 0 radical (unpaired) electrons. The highest BCUT2D eigenvalue weighted by Crippen LogP contribution is 2.09. The molecule has 0 aliphatic rings. The van der Waals surface area contributed by atoms with Gasteiger partial charge in [-0.15, -0.1) is 0 Å². The first-order chi connectivity index (χ1) is 8.54. The molecule has 0 heterocycles. The van der Waals surface area contributed by atoms with Crippen LogP contribution in [0.4, 0.5) is 4.39 Å². The second kappa shape index (κ2) is 7.86. The Labute approximate surface area is 115 Å². The van der Waals surface area contributed by atoms with E-state index in [1.165, 1.54) is 12.1 Å². The van der Waals surface area contributed by atoms with Crippen LogP contribution in [-0.4, -0.2) is 55.5 Å². The lowest BCUT2D eigenvalue weighted by Gasteiger charge is -2.16. The van der Waals surface area contributed by atoms with E-state index in [4.69, 9.17) is 9.76 Å². The van der Waals surface area contributed by atoms with E-state index >= 15 is 0 Å². The molecule has 0 fully saturated rings. The Bertz CT molecular complexity index is 383. The summed E-state index contributed by atoms with van der Waals surface area (Å²) >= 11 is 3.14. The fourth-order valence-electron chi connectivity index (χ4n) is 1.39. The summed E-state index contributed by atoms with van der Waals surface area (Å²) in [4.78, 5) is 1.85. The molecule has 100 valence electrons. The summed E-state index contributed by atoms with van der Waals surface area (Å²) in [6, 6.07) is 4.39. The van der Waals surface area contributed by atoms with Crippen LogP contribution < -0.4 is 5.46 Å². The van der Waals surface area contributed by atoms with Crippen LogP contribution in [-0.2, 0) is 4.65 Å². The van der Waals surface area contributed by atoms with Crippen LogP contribution in [0.5, 0.6) is 0 Å². The molecule has 0 aliphatic carbocycles. The first-order valence-corrected chi connectivity index (χ1v) is 6.38. The molecule has 18 heavy (non-hydrogen) atoms. The smallest absolute Gasteiger partial charge is 0.423 e. The van der Waals surface area contributed by atoms with Gasteiger partial charge in [0.15, 0.2) is 0 Å². The minimum atomic E-state index is -1.28. The zero-order valence-electron chi connectivity index (χ0n) is 10.1. The Morgan fingerprint density at radius 2 is 2.17 bits per heavy atom. The van der Waals surface area contributed by atoms with Gasteiger partial charge in [-0.1, -0.05) is 22.0 Å². The maximum Gasteiger partial charge on any atom is 0.494 e. The lowest BCUT2D eigenvalue weighted by molar-refractivity contribution is 0.183. The van der Waals surface area contributed by atoms with E-state index in [-0.39, 0.29) is 18.7 Å². The number of hydrogen-bond acceptors (Lipinski definition) is 4. The average Bonchev–Trinajstić information content (AvgIpc) is 2.29. The number of aliphatic hydroxyl groups excluding tert-OH is 1. The van der Waals surface area contributed by atoms with Crippen molar-refractivity contribution in [1.82, 2.24) is 4.90 Å². The normalized spacial score (nSPS) is 11.0. The van der Waals surface area contributed by atoms with Gasteiger partial charge in [-0.25, -0.2) is 4.39 Å². The van der Waals surface area contributed by atoms with Crippen LogP contribution in [0.2, 0.25) is 0 Å². The molecule has 0 bridgehead atoms. The van der Waals surface area contributed by atoms with Gasteiger partial charge in [0.25, 0.3) is 0 Å². The molecule has 7 heteroatoms. The van der Waals surface area contributed by atoms with Crippen molar-refractivity contribution >= 4 is 28.5 Å². The van der Waals surface area contributed by atoms with Gasteiger partial charge in [0.2, 0.25) is 0 Å². The summed E-state index contributed by atoms with van der Waals surface area (Å²) in [6.07, 6.45) is 0. The highest BCUT2D eigenvalue weighted by molar-refractivity contribution is 9.10. The Kier molecular flexibility index (Phi) is 6.81. The number of nitrogens with zero attached hydrogens (tertiary/aromatic N) is 1. The summed E-state index contributed by atoms with van der Waals surface area (Å²) < 4.78 is 19.2. The maximum atomic E-state index is 13.5. The van der Waals surface area contributed by atoms with Crippen LogP contribution in [0.3, 0.4) is 0 Å². The van der Waals surface area contributed by atoms with E-state index in [1.54, 1.807) is 6.07 Å². The van der Waals surface area contributed by atoms with Crippen molar-refractivity contribution in [3.8, 4) is 0 Å². The number of aliphatic hydroxyl groups is 1. The minimum absolute atomic E-state index is 0.0698. The third kappa shape index (κ3) is 5.03. The number of likely N-dealkylation sites (N-methyl/N-ethyl adjacent to an activating group) is 1. The van der Waals surface area contributed by atoms with Crippen molar-refractivity contribution in [2.75, 3.05) is 33.4 Å². The molecule has 0 amide bonds. The van der Waals surface area contributed by atoms with Gasteiger partial charge in [-0.2, -0.15) is 0 Å². The summed E-state index contributed by atoms with van der Waals surface area (Å²) in [7, 11) is 0.548. The van der Waals surface area contributed by atoms with E-state index in [9.17, 15) is 9.41 Å². The summed E-state index contributed by atoms with van der Waals surface area (Å²) in [5.41, 5.74) is 0.114. The molecule has 0 aromatic heterocycles. The molecule has 0 unspecified atom stereocenters. The first kappa shape index (κ1) is 15.6. The molecule has 1 aromatic carbocycles. The predicted octanol–water partition coefficient (Wildman–Crippen LogP) is 0.216. The molecule has 2 N–H and O–H groups in total. The van der Waals surface area contributed by atoms with Gasteiger partial charge in [0.05, 0.1) is 6.61 Å². The van der Waals surface area contributed by atoms with Crippen LogP contribution in [0.1, 0.15) is 0 Å². The molecule has 0 atom stereocenters. The number of benzene rings is 1. The summed E-state index contributed by atoms with van der Waals surface area (Å²) in [5, 5.41) is 18.4. The number of rotatable bonds is 7. The quantitative estimate of drug-likeness (QED) is 0.706. The average molecular weight is 320 g/mol. The van der Waals surface area contributed by atoms with Gasteiger partial charge >= 0.3 is 7.12 Å². The molecular formula is C11H16BBrFNO3. The third-order valence-electron chi connectivity index (χ3n) is 2.46. The van der Waals surface area contributed by atoms with Crippen molar-refractivity contribution in [2.45, 2.75) is 0 Å². The predicted molar refractivity (Wildman–Crippen MR) is 72.2 cm³/mol. The maximum absolute atomic E-state index is 13.5. The molecule has 1 rings (SSSR count). The second-order valence-corrected chi connectivity index (χ2v) is 4.83. The van der Waals surface area contributed by atoms with E-state index in [0.717, 1.165) is 0 Å². The van der Waals surface area contributed by atoms with Crippen LogP contribution in [0, 0.1) is 5.82 Å². The van der Waals surface area contributed by atoms with E-state index in [2.05, 4.69) is 15.9 Å². The standard InChI is InChI=1S/C11H16BBrFNO3/c1-15(4-6-16)5-7-18-12(17)10-3-2-9(13)8-11(10)14/h2-3,8,16-17H,4-7H2,1H3. The van der Waals surface area contributed by atoms with E-state index < -0.39 is 12.9 Å². The zero-order valence-corrected chi connectivity index (χ0v) is 11.7. The Hall–Kier alpha value is -0.465. The fourth-order valence-corrected chi connectivity index (χ4v) is 1.73. The Morgan fingerprint density at radius 1 is 1.44 bits per heavy atom. The Morgan fingerprint density at radius 3 is 2.78 bits per heavy atom. The van der Waals surface area contributed by atoms with Crippen molar-refractivity contribution in [3.05, 3.63) is 28.5 Å². The summed E-state index contributed by atoms with van der Waals surface area (Å²) in [5.74, 6) is -0.513. The molecule has 0 saturated carbocycles. The molecule has 4 nitrogen and oxygen atoms in total. The minimum Gasteiger partial charge on any atom is -0.423 e. The molecule has 1 aromatic rings. The molecular weight excluding hydrogens is 304 g/mol. The highest BCUT2D eigenvalue weighted by Gasteiger charge is 2.20. The number of hydrogen-bond donors (Lipinski definition) is 2. The van der Waals surface area contributed by atoms with Gasteiger partial charge in [0.1, 0.15) is 5.82 Å². The lowest BCUT2D eigenvalue weighted by atomic mass is 9.79. The largest absolute Gasteiger partial charge is 0.494 e. The fraction of sp³-hybridized carbons (Fsp3) is 0.455. The van der Waals surface area contributed by atoms with Gasteiger partial charge in [-0.05, 0) is 19.2 Å². The van der Waals surface area contributed by atoms with Crippen LogP contribution in [0.15, 0.2) is 22.7 Å². The van der Waals surface area contributed by atoms with Gasteiger partial charge in [0, 0.05) is 29.6 Å². The Balaban J connectivity index is 2.43. The third-order valence-corrected chi connectivity index (χ3v) is 2.95. The first-order valence-electron chi connectivity index (χ1n) is 5.58. The van der Waals surface area contributed by atoms with Crippen molar-refractivity contribution in [2.24, 2.45) is 0 Å². The van der Waals surface area contributed by atoms with Gasteiger partial charge < -0.3 is 19.7 Å². The zero-order chi connectivity index (χ0) is 13.5. The lowest BCUT2D eigenvalue weighted by Crippen LogP contribution is -2.38. The van der Waals surface area contributed by atoms with E-state index in [0.29, 0.717) is 17.6 Å². The highest BCUT2D eigenvalue weighted by atomic mass is 79.9. The summed E-state index contributed by atoms with van der Waals surface area (Å²) in [6.45, 7) is 1.41. The van der Waals surface area contributed by atoms with Gasteiger partial charge in [-0.3, -0.25) is 0 Å². The van der Waals surface area contributed by atoms with E-state index in [1.807, 2.05) is 11.9 Å². The van der Waals surface area contributed by atoms with Crippen LogP contribution in [0.25, 0.3) is 0 Å². The van der Waals surface area contributed by atoms with Crippen molar-refractivity contribution < 1.29 is 19.2 Å². The molecule has 0 aliphatic heterocycles. The van der Waals surface area contributed by atoms with Crippen LogP contribution >= 0.6 is 15.9 Å². The SMILES string of the molecule is CN(CCO)CCOB(O)c1ccc(Br)cc1F. The molecule has 0 spiro atoms. The topological polar surface area (TPSA) is 52.9 Å². The number of halogens is 2.